The molecule has 2 rings (SSSR count). The second-order valence-electron chi connectivity index (χ2n) is 6.77. The summed E-state index contributed by atoms with van der Waals surface area (Å²) < 4.78 is 29.5. The maximum Gasteiger partial charge on any atom is 0.272 e. The van der Waals surface area contributed by atoms with Gasteiger partial charge in [0.1, 0.15) is 11.7 Å². The van der Waals surface area contributed by atoms with Crippen LogP contribution in [0.2, 0.25) is 0 Å². The van der Waals surface area contributed by atoms with Gasteiger partial charge in [0.05, 0.1) is 5.69 Å². The largest absolute Gasteiger partial charge is 0.342 e. The Balaban J connectivity index is 2.15. The number of likely N-dealkylation sites (tertiary alicyclic amines) is 1. The number of alkyl halides is 2. The van der Waals surface area contributed by atoms with E-state index in [-0.39, 0.29) is 19.0 Å². The van der Waals surface area contributed by atoms with Gasteiger partial charge in [-0.25, -0.2) is 8.78 Å². The molecule has 1 fully saturated rings. The Bertz CT molecular complexity index is 670. The first kappa shape index (κ1) is 19.1. The van der Waals surface area contributed by atoms with Crippen LogP contribution in [0, 0.1) is 5.92 Å². The van der Waals surface area contributed by atoms with Crippen molar-refractivity contribution in [2.24, 2.45) is 13.0 Å². The van der Waals surface area contributed by atoms with Crippen LogP contribution >= 0.6 is 0 Å². The first-order valence-electron chi connectivity index (χ1n) is 8.27. The van der Waals surface area contributed by atoms with Gasteiger partial charge in [0.2, 0.25) is 5.91 Å². The number of carbonyl (C=O) groups excluding carboxylic acids is 2. The van der Waals surface area contributed by atoms with Crippen LogP contribution in [-0.2, 0) is 18.3 Å². The van der Waals surface area contributed by atoms with Crippen LogP contribution in [0.3, 0.4) is 0 Å². The smallest absolute Gasteiger partial charge is 0.272 e. The van der Waals surface area contributed by atoms with Crippen molar-refractivity contribution >= 4 is 11.8 Å². The molecule has 1 unspecified atom stereocenters. The Hall–Kier alpha value is -2.25. The highest BCUT2D eigenvalue weighted by Gasteiger charge is 2.46. The molecule has 8 heteroatoms. The average molecular weight is 354 g/mol. The quantitative estimate of drug-likeness (QED) is 0.820. The molecule has 1 N–H and O–H groups in total. The third-order valence-electron chi connectivity index (χ3n) is 4.18. The summed E-state index contributed by atoms with van der Waals surface area (Å²) in [7, 11) is 1.66. The summed E-state index contributed by atoms with van der Waals surface area (Å²) in [5.74, 6) is -3.72. The Morgan fingerprint density at radius 1 is 1.52 bits per heavy atom. The molecule has 0 aromatic carbocycles. The van der Waals surface area contributed by atoms with Gasteiger partial charge in [0.25, 0.3) is 11.8 Å². The van der Waals surface area contributed by atoms with E-state index >= 15 is 0 Å². The van der Waals surface area contributed by atoms with Crippen LogP contribution in [0.1, 0.15) is 36.5 Å². The van der Waals surface area contributed by atoms with Crippen LogP contribution in [0.5, 0.6) is 0 Å². The number of nitrogens with zero attached hydrogens (tertiary/aromatic N) is 3. The van der Waals surface area contributed by atoms with Crippen LogP contribution in [0.4, 0.5) is 8.78 Å². The van der Waals surface area contributed by atoms with Crippen LogP contribution < -0.4 is 5.32 Å². The van der Waals surface area contributed by atoms with E-state index in [9.17, 15) is 18.4 Å². The third-order valence-corrected chi connectivity index (χ3v) is 4.18. The van der Waals surface area contributed by atoms with Gasteiger partial charge in [-0.15, -0.1) is 0 Å². The molecule has 2 amide bonds. The van der Waals surface area contributed by atoms with Gasteiger partial charge in [0.15, 0.2) is 0 Å². The Labute approximate surface area is 145 Å². The van der Waals surface area contributed by atoms with Crippen LogP contribution in [-0.4, -0.2) is 51.5 Å². The van der Waals surface area contributed by atoms with E-state index in [0.29, 0.717) is 11.6 Å². The van der Waals surface area contributed by atoms with E-state index in [4.69, 9.17) is 0 Å². The molecule has 1 aliphatic heterocycles. The molecule has 1 atom stereocenters. The maximum absolute atomic E-state index is 14.0. The first-order chi connectivity index (χ1) is 11.6. The molecule has 1 aromatic heterocycles. The minimum absolute atomic E-state index is 0.0724. The summed E-state index contributed by atoms with van der Waals surface area (Å²) in [6, 6.07) is 0.269. The molecule has 1 aliphatic rings. The van der Waals surface area contributed by atoms with Crippen molar-refractivity contribution in [3.63, 3.8) is 0 Å². The summed E-state index contributed by atoms with van der Waals surface area (Å²) in [5.41, 5.74) is 1.15. The molecule has 0 bridgehead atoms. The number of carbonyl (C=O) groups is 2. The van der Waals surface area contributed by atoms with E-state index in [1.165, 1.54) is 9.58 Å². The highest BCUT2D eigenvalue weighted by molar-refractivity contribution is 5.93. The molecule has 0 saturated carbocycles. The number of hydrogen-bond donors (Lipinski definition) is 1. The Morgan fingerprint density at radius 3 is 2.80 bits per heavy atom. The highest BCUT2D eigenvalue weighted by Crippen LogP contribution is 2.29. The first-order valence-corrected chi connectivity index (χ1v) is 8.27. The SMILES string of the molecule is C=CC(=O)NC1CN(C(=O)c2cc(CC(C)C)nn2C)CCC1(F)F. The Morgan fingerprint density at radius 2 is 2.20 bits per heavy atom. The molecule has 0 aliphatic carbocycles. The predicted octanol–water partition coefficient (Wildman–Crippen LogP) is 1.77. The topological polar surface area (TPSA) is 67.2 Å². The zero-order valence-electron chi connectivity index (χ0n) is 14.8. The van der Waals surface area contributed by atoms with Crippen molar-refractivity contribution in [2.45, 2.75) is 38.7 Å². The lowest BCUT2D eigenvalue weighted by atomic mass is 10.00. The van der Waals surface area contributed by atoms with Gasteiger partial charge in [-0.3, -0.25) is 14.3 Å². The standard InChI is InChI=1S/C17H24F2N4O2/c1-5-15(24)20-14-10-23(7-6-17(14,18)19)16(25)13-9-12(8-11(2)3)21-22(13)4/h5,9,11,14H,1,6-8,10H2,2-4H3,(H,20,24). The summed E-state index contributed by atoms with van der Waals surface area (Å²) >= 11 is 0. The molecule has 1 saturated heterocycles. The number of rotatable bonds is 5. The number of amides is 2. The predicted molar refractivity (Wildman–Crippen MR) is 89.3 cm³/mol. The summed E-state index contributed by atoms with van der Waals surface area (Å²) in [6.07, 6.45) is 1.17. The molecule has 2 heterocycles. The van der Waals surface area contributed by atoms with E-state index < -0.39 is 24.3 Å². The monoisotopic (exact) mass is 354 g/mol. The summed E-state index contributed by atoms with van der Waals surface area (Å²) in [4.78, 5) is 25.4. The van der Waals surface area contributed by atoms with Gasteiger partial charge in [-0.2, -0.15) is 5.10 Å². The van der Waals surface area contributed by atoms with Crippen molar-refractivity contribution in [1.29, 1.82) is 0 Å². The van der Waals surface area contributed by atoms with E-state index in [1.54, 1.807) is 13.1 Å². The second kappa shape index (κ2) is 7.33. The van der Waals surface area contributed by atoms with E-state index in [0.717, 1.165) is 18.2 Å². The molecular weight excluding hydrogens is 330 g/mol. The molecule has 6 nitrogen and oxygen atoms in total. The third kappa shape index (κ3) is 4.43. The molecule has 25 heavy (non-hydrogen) atoms. The summed E-state index contributed by atoms with van der Waals surface area (Å²) in [5, 5.41) is 6.53. The molecule has 1 aromatic rings. The fourth-order valence-corrected chi connectivity index (χ4v) is 2.88. The lowest BCUT2D eigenvalue weighted by Gasteiger charge is -2.38. The van der Waals surface area contributed by atoms with E-state index in [1.807, 2.05) is 0 Å². The van der Waals surface area contributed by atoms with Gasteiger partial charge in [-0.05, 0) is 24.5 Å². The van der Waals surface area contributed by atoms with Crippen molar-refractivity contribution < 1.29 is 18.4 Å². The Kier molecular flexibility index (Phi) is 5.59. The van der Waals surface area contributed by atoms with Crippen molar-refractivity contribution in [3.05, 3.63) is 30.1 Å². The zero-order valence-corrected chi connectivity index (χ0v) is 14.8. The molecule has 0 spiro atoms. The number of nitrogens with one attached hydrogen (secondary N) is 1. The number of hydrogen-bond acceptors (Lipinski definition) is 3. The fourth-order valence-electron chi connectivity index (χ4n) is 2.88. The average Bonchev–Trinajstić information content (AvgIpc) is 2.88. The highest BCUT2D eigenvalue weighted by atomic mass is 19.3. The lowest BCUT2D eigenvalue weighted by molar-refractivity contribution is -0.124. The number of aryl methyl sites for hydroxylation is 1. The molecule has 138 valence electrons. The fraction of sp³-hybridized carbons (Fsp3) is 0.588. The lowest BCUT2D eigenvalue weighted by Crippen LogP contribution is -2.59. The van der Waals surface area contributed by atoms with E-state index in [2.05, 4.69) is 30.8 Å². The minimum Gasteiger partial charge on any atom is -0.342 e. The zero-order chi connectivity index (χ0) is 18.8. The summed E-state index contributed by atoms with van der Waals surface area (Å²) in [6.45, 7) is 7.04. The molecule has 0 radical (unpaired) electrons. The minimum atomic E-state index is -3.06. The van der Waals surface area contributed by atoms with Crippen LogP contribution in [0.15, 0.2) is 18.7 Å². The normalized spacial score (nSPS) is 19.8. The second-order valence-corrected chi connectivity index (χ2v) is 6.77. The van der Waals surface area contributed by atoms with Crippen molar-refractivity contribution in [1.82, 2.24) is 20.0 Å². The number of aromatic nitrogens is 2. The van der Waals surface area contributed by atoms with Gasteiger partial charge < -0.3 is 10.2 Å². The molecular formula is C17H24F2N4O2. The van der Waals surface area contributed by atoms with Gasteiger partial charge >= 0.3 is 0 Å². The van der Waals surface area contributed by atoms with Crippen molar-refractivity contribution in [3.8, 4) is 0 Å². The number of halogens is 2. The van der Waals surface area contributed by atoms with Gasteiger partial charge in [0, 0.05) is 26.6 Å². The maximum atomic E-state index is 14.0. The van der Waals surface area contributed by atoms with Crippen LogP contribution in [0.25, 0.3) is 0 Å². The van der Waals surface area contributed by atoms with Gasteiger partial charge in [-0.1, -0.05) is 20.4 Å². The number of piperidine rings is 1. The van der Waals surface area contributed by atoms with Crippen molar-refractivity contribution in [2.75, 3.05) is 13.1 Å².